The summed E-state index contributed by atoms with van der Waals surface area (Å²) in [6, 6.07) is 5.47. The standard InChI is InChI=1S/C12H12BrClN2S/c1-6-7(2)17-12(16-6)11(15)9-4-3-8(13)5-10(9)14/h3-5,11H,15H2,1-2H3. The molecule has 2 nitrogen and oxygen atoms in total. The number of hydrogen-bond acceptors (Lipinski definition) is 3. The fraction of sp³-hybridized carbons (Fsp3) is 0.250. The van der Waals surface area contributed by atoms with E-state index in [2.05, 4.69) is 20.9 Å². The molecule has 0 spiro atoms. The highest BCUT2D eigenvalue weighted by molar-refractivity contribution is 9.10. The van der Waals surface area contributed by atoms with Crippen LogP contribution in [0.2, 0.25) is 5.02 Å². The minimum Gasteiger partial charge on any atom is -0.318 e. The van der Waals surface area contributed by atoms with Crippen molar-refractivity contribution in [2.75, 3.05) is 0 Å². The second kappa shape index (κ2) is 5.06. The smallest absolute Gasteiger partial charge is 0.114 e. The maximum absolute atomic E-state index is 6.20. The molecular formula is C12H12BrClN2S. The molecule has 1 unspecified atom stereocenters. The number of nitrogens with zero attached hydrogens (tertiary/aromatic N) is 1. The zero-order valence-corrected chi connectivity index (χ0v) is 12.7. The summed E-state index contributed by atoms with van der Waals surface area (Å²) < 4.78 is 0.949. The van der Waals surface area contributed by atoms with Gasteiger partial charge in [0.25, 0.3) is 0 Å². The molecule has 0 radical (unpaired) electrons. The molecule has 2 rings (SSSR count). The largest absolute Gasteiger partial charge is 0.318 e. The minimum absolute atomic E-state index is 0.256. The van der Waals surface area contributed by atoms with Crippen LogP contribution in [0.25, 0.3) is 0 Å². The van der Waals surface area contributed by atoms with Crippen molar-refractivity contribution in [3.63, 3.8) is 0 Å². The van der Waals surface area contributed by atoms with Crippen molar-refractivity contribution in [2.24, 2.45) is 5.73 Å². The summed E-state index contributed by atoms with van der Waals surface area (Å²) in [5.74, 6) is 0. The lowest BCUT2D eigenvalue weighted by Crippen LogP contribution is -2.12. The molecule has 0 saturated heterocycles. The van der Waals surface area contributed by atoms with E-state index in [0.717, 1.165) is 20.7 Å². The van der Waals surface area contributed by atoms with Crippen molar-refractivity contribution in [2.45, 2.75) is 19.9 Å². The minimum atomic E-state index is -0.256. The molecule has 2 N–H and O–H groups in total. The quantitative estimate of drug-likeness (QED) is 0.894. The van der Waals surface area contributed by atoms with Gasteiger partial charge in [0.15, 0.2) is 0 Å². The predicted molar refractivity (Wildman–Crippen MR) is 76.8 cm³/mol. The Labute approximate surface area is 118 Å². The van der Waals surface area contributed by atoms with Crippen LogP contribution in [0.1, 0.15) is 27.2 Å². The molecule has 17 heavy (non-hydrogen) atoms. The van der Waals surface area contributed by atoms with Crippen LogP contribution in [0, 0.1) is 13.8 Å². The molecule has 1 aromatic heterocycles. The Hall–Kier alpha value is -0.420. The van der Waals surface area contributed by atoms with Gasteiger partial charge in [-0.05, 0) is 31.5 Å². The molecule has 1 heterocycles. The van der Waals surface area contributed by atoms with E-state index < -0.39 is 0 Å². The second-order valence-corrected chi connectivity index (χ2v) is 6.39. The first-order valence-electron chi connectivity index (χ1n) is 5.13. The Morgan fingerprint density at radius 2 is 2.12 bits per heavy atom. The molecule has 2 aromatic rings. The number of benzene rings is 1. The molecule has 5 heteroatoms. The summed E-state index contributed by atoms with van der Waals surface area (Å²) in [6.07, 6.45) is 0. The topological polar surface area (TPSA) is 38.9 Å². The average molecular weight is 332 g/mol. The fourth-order valence-electron chi connectivity index (χ4n) is 1.52. The predicted octanol–water partition coefficient (Wildman–Crippen LogP) is 4.22. The van der Waals surface area contributed by atoms with E-state index in [-0.39, 0.29) is 6.04 Å². The number of halogens is 2. The molecule has 0 amide bonds. The van der Waals surface area contributed by atoms with Crippen molar-refractivity contribution >= 4 is 38.9 Å². The molecule has 0 bridgehead atoms. The highest BCUT2D eigenvalue weighted by Crippen LogP contribution is 2.31. The summed E-state index contributed by atoms with van der Waals surface area (Å²) >= 11 is 11.2. The molecular weight excluding hydrogens is 320 g/mol. The number of thiazole rings is 1. The van der Waals surface area contributed by atoms with Gasteiger partial charge in [0.1, 0.15) is 5.01 Å². The van der Waals surface area contributed by atoms with Crippen LogP contribution in [0.4, 0.5) is 0 Å². The molecule has 1 atom stereocenters. The Kier molecular flexibility index (Phi) is 3.88. The van der Waals surface area contributed by atoms with E-state index in [1.54, 1.807) is 11.3 Å². The highest BCUT2D eigenvalue weighted by atomic mass is 79.9. The van der Waals surface area contributed by atoms with Crippen LogP contribution < -0.4 is 5.73 Å². The number of hydrogen-bond donors (Lipinski definition) is 1. The first-order valence-corrected chi connectivity index (χ1v) is 7.12. The van der Waals surface area contributed by atoms with Gasteiger partial charge >= 0.3 is 0 Å². The summed E-state index contributed by atoms with van der Waals surface area (Å²) in [6.45, 7) is 4.04. The number of rotatable bonds is 2. The Morgan fingerprint density at radius 1 is 1.41 bits per heavy atom. The zero-order chi connectivity index (χ0) is 12.6. The number of aromatic nitrogens is 1. The lowest BCUT2D eigenvalue weighted by Gasteiger charge is -2.11. The van der Waals surface area contributed by atoms with Crippen molar-refractivity contribution in [1.82, 2.24) is 4.98 Å². The van der Waals surface area contributed by atoms with E-state index >= 15 is 0 Å². The van der Waals surface area contributed by atoms with E-state index in [4.69, 9.17) is 17.3 Å². The zero-order valence-electron chi connectivity index (χ0n) is 9.50. The molecule has 0 aliphatic rings. The first-order chi connectivity index (χ1) is 7.99. The molecule has 0 fully saturated rings. The monoisotopic (exact) mass is 330 g/mol. The highest BCUT2D eigenvalue weighted by Gasteiger charge is 2.17. The Morgan fingerprint density at radius 3 is 2.65 bits per heavy atom. The second-order valence-electron chi connectivity index (χ2n) is 3.84. The van der Waals surface area contributed by atoms with Crippen LogP contribution in [0.3, 0.4) is 0 Å². The van der Waals surface area contributed by atoms with Gasteiger partial charge in [-0.1, -0.05) is 33.6 Å². The SMILES string of the molecule is Cc1nc(C(N)c2ccc(Br)cc2Cl)sc1C. The third kappa shape index (κ3) is 2.71. The van der Waals surface area contributed by atoms with Gasteiger partial charge in [-0.2, -0.15) is 0 Å². The maximum Gasteiger partial charge on any atom is 0.114 e. The third-order valence-electron chi connectivity index (χ3n) is 2.61. The summed E-state index contributed by atoms with van der Waals surface area (Å²) in [5, 5.41) is 1.57. The lowest BCUT2D eigenvalue weighted by atomic mass is 10.1. The molecule has 0 aliphatic heterocycles. The third-order valence-corrected chi connectivity index (χ3v) is 4.59. The lowest BCUT2D eigenvalue weighted by molar-refractivity contribution is 0.852. The maximum atomic E-state index is 6.20. The van der Waals surface area contributed by atoms with Crippen LogP contribution in [0.15, 0.2) is 22.7 Å². The normalized spacial score (nSPS) is 12.8. The van der Waals surface area contributed by atoms with Gasteiger partial charge in [0, 0.05) is 14.4 Å². The van der Waals surface area contributed by atoms with Crippen molar-refractivity contribution in [3.8, 4) is 0 Å². The Bertz CT molecular complexity index is 534. The van der Waals surface area contributed by atoms with Crippen LogP contribution in [-0.2, 0) is 0 Å². The van der Waals surface area contributed by atoms with Gasteiger partial charge in [-0.15, -0.1) is 11.3 Å². The van der Waals surface area contributed by atoms with E-state index in [1.807, 2.05) is 32.0 Å². The van der Waals surface area contributed by atoms with Gasteiger partial charge in [-0.25, -0.2) is 4.98 Å². The van der Waals surface area contributed by atoms with Crippen LogP contribution in [-0.4, -0.2) is 4.98 Å². The molecule has 0 aliphatic carbocycles. The van der Waals surface area contributed by atoms with Crippen molar-refractivity contribution in [1.29, 1.82) is 0 Å². The number of aryl methyl sites for hydroxylation is 2. The molecule has 0 saturated carbocycles. The van der Waals surface area contributed by atoms with E-state index in [1.165, 1.54) is 4.88 Å². The fourth-order valence-corrected chi connectivity index (χ4v) is 3.25. The van der Waals surface area contributed by atoms with Crippen LogP contribution in [0.5, 0.6) is 0 Å². The van der Waals surface area contributed by atoms with Gasteiger partial charge < -0.3 is 5.73 Å². The summed E-state index contributed by atoms with van der Waals surface area (Å²) in [5.41, 5.74) is 8.14. The van der Waals surface area contributed by atoms with Gasteiger partial charge in [0.05, 0.1) is 11.7 Å². The first kappa shape index (κ1) is 13.0. The summed E-state index contributed by atoms with van der Waals surface area (Å²) in [7, 11) is 0. The van der Waals surface area contributed by atoms with Gasteiger partial charge in [-0.3, -0.25) is 0 Å². The molecule has 1 aromatic carbocycles. The Balaban J connectivity index is 2.39. The summed E-state index contributed by atoms with van der Waals surface area (Å²) in [4.78, 5) is 5.67. The number of nitrogens with two attached hydrogens (primary N) is 1. The van der Waals surface area contributed by atoms with Crippen LogP contribution >= 0.6 is 38.9 Å². The molecule has 90 valence electrons. The van der Waals surface area contributed by atoms with Gasteiger partial charge in [0.2, 0.25) is 0 Å². The van der Waals surface area contributed by atoms with Crippen molar-refractivity contribution < 1.29 is 0 Å². The average Bonchev–Trinajstić information content (AvgIpc) is 2.58. The van der Waals surface area contributed by atoms with E-state index in [0.29, 0.717) is 5.02 Å². The van der Waals surface area contributed by atoms with Crippen molar-refractivity contribution in [3.05, 3.63) is 48.8 Å². The van der Waals surface area contributed by atoms with E-state index in [9.17, 15) is 0 Å².